The summed E-state index contributed by atoms with van der Waals surface area (Å²) >= 11 is 0. The number of likely N-dealkylation sites (tertiary alicyclic amines) is 1. The van der Waals surface area contributed by atoms with Crippen LogP contribution >= 0.6 is 0 Å². The number of hydrogen-bond acceptors (Lipinski definition) is 4. The van der Waals surface area contributed by atoms with Crippen molar-refractivity contribution >= 4 is 15.9 Å². The third kappa shape index (κ3) is 3.40. The Morgan fingerprint density at radius 2 is 2.05 bits per heavy atom. The van der Waals surface area contributed by atoms with E-state index in [1.165, 1.54) is 11.4 Å². The average molecular weight is 318 g/mol. The zero-order valence-electron chi connectivity index (χ0n) is 13.1. The van der Waals surface area contributed by atoms with Gasteiger partial charge in [-0.15, -0.1) is 0 Å². The molecule has 0 aromatic carbocycles. The number of aliphatic hydroxyl groups is 1. The van der Waals surface area contributed by atoms with Crippen molar-refractivity contribution < 1.29 is 18.3 Å². The summed E-state index contributed by atoms with van der Waals surface area (Å²) in [6, 6.07) is 0. The zero-order chi connectivity index (χ0) is 15.8. The molecule has 7 heteroatoms. The summed E-state index contributed by atoms with van der Waals surface area (Å²) in [7, 11) is -1.78. The second-order valence-corrected chi connectivity index (χ2v) is 8.72. The van der Waals surface area contributed by atoms with Crippen LogP contribution in [0.1, 0.15) is 32.6 Å². The lowest BCUT2D eigenvalue weighted by Crippen LogP contribution is -2.48. The van der Waals surface area contributed by atoms with Crippen molar-refractivity contribution in [3.05, 3.63) is 0 Å². The van der Waals surface area contributed by atoms with Gasteiger partial charge in [-0.2, -0.15) is 0 Å². The van der Waals surface area contributed by atoms with Crippen LogP contribution < -0.4 is 0 Å². The minimum absolute atomic E-state index is 0.0763. The standard InChI is InChI=1S/C14H26N2O4S/c1-11-9-16(10-14(11,18)12-5-4-6-12)13(17)7-8-15(2)21(3,19)20/h11-12,18H,4-10H2,1-3H3. The average Bonchev–Trinajstić information content (AvgIpc) is 2.59. The molecule has 122 valence electrons. The lowest BCUT2D eigenvalue weighted by molar-refractivity contribution is -0.132. The summed E-state index contributed by atoms with van der Waals surface area (Å²) in [6.45, 7) is 3.13. The van der Waals surface area contributed by atoms with Gasteiger partial charge in [0.05, 0.1) is 11.9 Å². The molecular formula is C14H26N2O4S. The largest absolute Gasteiger partial charge is 0.387 e. The van der Waals surface area contributed by atoms with Crippen LogP contribution in [-0.4, -0.2) is 67.2 Å². The third-order valence-electron chi connectivity index (χ3n) is 5.16. The lowest BCUT2D eigenvalue weighted by atomic mass is 9.69. The van der Waals surface area contributed by atoms with Crippen LogP contribution in [0.2, 0.25) is 0 Å². The van der Waals surface area contributed by atoms with Gasteiger partial charge in [0.1, 0.15) is 0 Å². The number of rotatable bonds is 5. The van der Waals surface area contributed by atoms with E-state index in [0.29, 0.717) is 19.0 Å². The van der Waals surface area contributed by atoms with Gasteiger partial charge < -0.3 is 10.0 Å². The summed E-state index contributed by atoms with van der Waals surface area (Å²) < 4.78 is 23.8. The topological polar surface area (TPSA) is 77.9 Å². The number of hydrogen-bond donors (Lipinski definition) is 1. The molecule has 6 nitrogen and oxygen atoms in total. The van der Waals surface area contributed by atoms with Crippen molar-refractivity contribution in [2.24, 2.45) is 11.8 Å². The molecule has 1 aliphatic carbocycles. The van der Waals surface area contributed by atoms with E-state index in [0.717, 1.165) is 25.5 Å². The predicted octanol–water partition coefficient (Wildman–Crippen LogP) is 0.277. The monoisotopic (exact) mass is 318 g/mol. The molecule has 2 unspecified atom stereocenters. The van der Waals surface area contributed by atoms with Gasteiger partial charge in [-0.1, -0.05) is 13.3 Å². The van der Waals surface area contributed by atoms with Gasteiger partial charge in [0, 0.05) is 39.0 Å². The normalized spacial score (nSPS) is 30.7. The fourth-order valence-corrected chi connectivity index (χ4v) is 3.64. The molecule has 1 saturated carbocycles. The molecule has 1 aliphatic heterocycles. The highest BCUT2D eigenvalue weighted by Gasteiger charge is 2.50. The minimum Gasteiger partial charge on any atom is -0.387 e. The summed E-state index contributed by atoms with van der Waals surface area (Å²) in [5.74, 6) is 0.316. The van der Waals surface area contributed by atoms with E-state index in [-0.39, 0.29) is 24.8 Å². The Bertz CT molecular complexity index is 503. The van der Waals surface area contributed by atoms with Crippen LogP contribution in [0.3, 0.4) is 0 Å². The van der Waals surface area contributed by atoms with Gasteiger partial charge in [0.15, 0.2) is 0 Å². The molecule has 2 atom stereocenters. The number of carbonyl (C=O) groups is 1. The number of nitrogens with zero attached hydrogens (tertiary/aromatic N) is 2. The van der Waals surface area contributed by atoms with Gasteiger partial charge in [0.2, 0.25) is 15.9 Å². The Morgan fingerprint density at radius 1 is 1.43 bits per heavy atom. The zero-order valence-corrected chi connectivity index (χ0v) is 13.9. The molecule has 0 spiro atoms. The second kappa shape index (κ2) is 5.85. The van der Waals surface area contributed by atoms with Crippen molar-refractivity contribution in [1.29, 1.82) is 0 Å². The Kier molecular flexibility index (Phi) is 4.66. The van der Waals surface area contributed by atoms with Gasteiger partial charge in [-0.05, 0) is 18.8 Å². The molecule has 2 fully saturated rings. The van der Waals surface area contributed by atoms with Crippen LogP contribution in [0.25, 0.3) is 0 Å². The minimum atomic E-state index is -3.25. The highest BCUT2D eigenvalue weighted by Crippen LogP contribution is 2.44. The van der Waals surface area contributed by atoms with E-state index < -0.39 is 15.6 Å². The van der Waals surface area contributed by atoms with Crippen LogP contribution in [-0.2, 0) is 14.8 Å². The first-order chi connectivity index (χ1) is 9.64. The lowest BCUT2D eigenvalue weighted by Gasteiger charge is -2.41. The molecule has 2 aliphatic rings. The van der Waals surface area contributed by atoms with E-state index in [2.05, 4.69) is 0 Å². The van der Waals surface area contributed by atoms with E-state index in [1.807, 2.05) is 6.92 Å². The maximum atomic E-state index is 12.2. The third-order valence-corrected chi connectivity index (χ3v) is 6.48. The smallest absolute Gasteiger partial charge is 0.224 e. The molecule has 0 bridgehead atoms. The molecule has 0 radical (unpaired) electrons. The van der Waals surface area contributed by atoms with Crippen LogP contribution in [0.15, 0.2) is 0 Å². The van der Waals surface area contributed by atoms with E-state index >= 15 is 0 Å². The van der Waals surface area contributed by atoms with Gasteiger partial charge >= 0.3 is 0 Å². The van der Waals surface area contributed by atoms with Crippen molar-refractivity contribution in [3.8, 4) is 0 Å². The first kappa shape index (κ1) is 16.7. The van der Waals surface area contributed by atoms with Gasteiger partial charge in [0.25, 0.3) is 0 Å². The fraction of sp³-hybridized carbons (Fsp3) is 0.929. The first-order valence-electron chi connectivity index (χ1n) is 7.56. The molecule has 0 aromatic heterocycles. The quantitative estimate of drug-likeness (QED) is 0.790. The first-order valence-corrected chi connectivity index (χ1v) is 9.41. The molecular weight excluding hydrogens is 292 g/mol. The summed E-state index contributed by atoms with van der Waals surface area (Å²) in [5, 5.41) is 10.8. The van der Waals surface area contributed by atoms with Crippen molar-refractivity contribution in [2.75, 3.05) is 32.9 Å². The maximum absolute atomic E-state index is 12.2. The molecule has 2 rings (SSSR count). The highest BCUT2D eigenvalue weighted by atomic mass is 32.2. The second-order valence-electron chi connectivity index (χ2n) is 6.63. The number of β-amino-alcohol motifs (C(OH)–C–C–N with tert-alkyl or cyclic N) is 1. The Hall–Kier alpha value is -0.660. The number of carbonyl (C=O) groups excluding carboxylic acids is 1. The number of amides is 1. The molecule has 0 aromatic rings. The maximum Gasteiger partial charge on any atom is 0.224 e. The van der Waals surface area contributed by atoms with E-state index in [1.54, 1.807) is 4.90 Å². The fourth-order valence-electron chi connectivity index (χ4n) is 3.22. The van der Waals surface area contributed by atoms with Crippen molar-refractivity contribution in [1.82, 2.24) is 9.21 Å². The molecule has 1 amide bonds. The Morgan fingerprint density at radius 3 is 2.52 bits per heavy atom. The van der Waals surface area contributed by atoms with Gasteiger partial charge in [-0.3, -0.25) is 4.79 Å². The molecule has 21 heavy (non-hydrogen) atoms. The summed E-state index contributed by atoms with van der Waals surface area (Å²) in [4.78, 5) is 13.9. The van der Waals surface area contributed by atoms with Crippen molar-refractivity contribution in [3.63, 3.8) is 0 Å². The van der Waals surface area contributed by atoms with E-state index in [9.17, 15) is 18.3 Å². The SMILES string of the molecule is CC1CN(C(=O)CCN(C)S(C)(=O)=O)CC1(O)C1CCC1. The predicted molar refractivity (Wildman–Crippen MR) is 80.1 cm³/mol. The Balaban J connectivity index is 1.90. The molecule has 1 heterocycles. The molecule has 1 saturated heterocycles. The van der Waals surface area contributed by atoms with Crippen LogP contribution in [0.4, 0.5) is 0 Å². The summed E-state index contributed by atoms with van der Waals surface area (Å²) in [6.07, 6.45) is 4.54. The van der Waals surface area contributed by atoms with Crippen LogP contribution in [0.5, 0.6) is 0 Å². The number of sulfonamides is 1. The van der Waals surface area contributed by atoms with Crippen molar-refractivity contribution in [2.45, 2.75) is 38.2 Å². The van der Waals surface area contributed by atoms with Crippen LogP contribution in [0, 0.1) is 11.8 Å². The van der Waals surface area contributed by atoms with E-state index in [4.69, 9.17) is 0 Å². The Labute approximate surface area is 127 Å². The summed E-state index contributed by atoms with van der Waals surface area (Å²) in [5.41, 5.74) is -0.753. The molecule has 1 N–H and O–H groups in total. The van der Waals surface area contributed by atoms with Gasteiger partial charge in [-0.25, -0.2) is 12.7 Å². The highest BCUT2D eigenvalue weighted by molar-refractivity contribution is 7.88.